The number of benzene rings is 1. The number of hydrogen-bond acceptors (Lipinski definition) is 10. The highest BCUT2D eigenvalue weighted by molar-refractivity contribution is 7.83. The van der Waals surface area contributed by atoms with Gasteiger partial charge in [-0.05, 0) is 37.1 Å². The molecule has 2 heterocycles. The predicted molar refractivity (Wildman–Crippen MR) is 133 cm³/mol. The zero-order valence-corrected chi connectivity index (χ0v) is 22.8. The third-order valence-corrected chi connectivity index (χ3v) is 2.90. The Morgan fingerprint density at radius 1 is 1.11 bits per heavy atom. The highest BCUT2D eigenvalue weighted by Gasteiger charge is 2.38. The molecule has 1 fully saturated rings. The first kappa shape index (κ1) is 41.7. The van der Waals surface area contributed by atoms with Crippen LogP contribution in [0.1, 0.15) is 19.8 Å². The average molecular weight is 568 g/mol. The number of rotatable bonds is 3. The number of para-hydroxylation sites is 1. The molecule has 12 nitrogen and oxygen atoms in total. The number of alkyl halides is 3. The van der Waals surface area contributed by atoms with Crippen LogP contribution in [-0.4, -0.2) is 119 Å². The molecule has 3 rings (SSSR count). The van der Waals surface area contributed by atoms with Crippen molar-refractivity contribution in [2.45, 2.75) is 25.9 Å². The van der Waals surface area contributed by atoms with Crippen molar-refractivity contribution in [2.75, 3.05) is 66.9 Å². The second-order valence-electron chi connectivity index (χ2n) is 6.13. The molecule has 2 aromatic rings. The first-order valence-electron chi connectivity index (χ1n) is 10.5. The van der Waals surface area contributed by atoms with Crippen LogP contribution in [0.15, 0.2) is 24.3 Å². The minimum absolute atomic E-state index is 0.250. The zero-order chi connectivity index (χ0) is 29.7. The number of ether oxygens (including phenoxy) is 3. The molecule has 16 heteroatoms. The molecule has 0 saturated carbocycles. The van der Waals surface area contributed by atoms with Gasteiger partial charge in [0.2, 0.25) is 0 Å². The Labute approximate surface area is 217 Å². The van der Waals surface area contributed by atoms with Crippen LogP contribution in [0.5, 0.6) is 0 Å². The van der Waals surface area contributed by atoms with Crippen LogP contribution in [0.25, 0.3) is 11.0 Å². The van der Waals surface area contributed by atoms with Crippen LogP contribution in [0.3, 0.4) is 0 Å². The van der Waals surface area contributed by atoms with E-state index < -0.39 is 22.9 Å². The van der Waals surface area contributed by atoms with Crippen LogP contribution in [0.2, 0.25) is 0 Å². The van der Waals surface area contributed by atoms with Crippen molar-refractivity contribution in [2.24, 2.45) is 0 Å². The van der Waals surface area contributed by atoms with E-state index in [9.17, 15) is 17.4 Å². The molecule has 0 amide bonds. The van der Waals surface area contributed by atoms with Gasteiger partial charge in [-0.25, -0.2) is 4.79 Å². The number of halogens is 3. The number of aliphatic carboxylic acids is 1. The maximum Gasteiger partial charge on any atom is 0.490 e. The van der Waals surface area contributed by atoms with Crippen molar-refractivity contribution in [3.63, 3.8) is 0 Å². The number of carboxylic acids is 1. The molecule has 1 aromatic carbocycles. The maximum atomic E-state index is 10.6. The van der Waals surface area contributed by atoms with E-state index in [4.69, 9.17) is 30.1 Å². The standard InChI is InChI=1S/C6H5N3O.C4H10O2.C4H8O.C2HF3O2.C2H6OS.C2H6O.CH4O/c10-9-6-4-2-1-3-5(6)7-8-9;1-5-3-4-6-2;1-2-4-5-3-1;3-2(4,5)1(6)7;1-4(2)3;1-2-3;1-2/h1-4,10H;3-4H2,1-2H3;1-4H2;(H,6,7);1-2H3;3H,2H2,1H3;2H,1H3. The number of carbonyl (C=O) groups is 1. The fourth-order valence-corrected chi connectivity index (χ4v) is 1.53. The monoisotopic (exact) mass is 567 g/mol. The van der Waals surface area contributed by atoms with Crippen LogP contribution in [0, 0.1) is 0 Å². The molecule has 220 valence electrons. The van der Waals surface area contributed by atoms with E-state index in [1.165, 1.54) is 12.8 Å². The molecule has 1 saturated heterocycles. The zero-order valence-electron chi connectivity index (χ0n) is 22.0. The number of nitrogens with zero attached hydrogens (tertiary/aromatic N) is 3. The molecule has 0 bridgehead atoms. The SMILES string of the molecule is C1CCOC1.CCO.CO.COCCOC.CS(C)=O.O=C(O)C(F)(F)F.On1nnc2ccccc21. The van der Waals surface area contributed by atoms with Gasteiger partial charge in [0.1, 0.15) is 11.0 Å². The number of aliphatic hydroxyl groups excluding tert-OH is 2. The Morgan fingerprint density at radius 3 is 1.76 bits per heavy atom. The van der Waals surface area contributed by atoms with Crippen LogP contribution in [0.4, 0.5) is 13.2 Å². The van der Waals surface area contributed by atoms with E-state index in [1.54, 1.807) is 45.8 Å². The first-order valence-corrected chi connectivity index (χ1v) is 12.5. The van der Waals surface area contributed by atoms with Crippen LogP contribution < -0.4 is 0 Å². The van der Waals surface area contributed by atoms with E-state index in [2.05, 4.69) is 19.8 Å². The summed E-state index contributed by atoms with van der Waals surface area (Å²) in [4.78, 5) is 9.66. The summed E-state index contributed by atoms with van der Waals surface area (Å²) in [7, 11) is 3.69. The lowest BCUT2D eigenvalue weighted by molar-refractivity contribution is -0.192. The summed E-state index contributed by atoms with van der Waals surface area (Å²) in [6, 6.07) is 7.19. The minimum atomic E-state index is -5.08. The molecule has 0 spiro atoms. The van der Waals surface area contributed by atoms with E-state index in [1.807, 2.05) is 12.1 Å². The summed E-state index contributed by atoms with van der Waals surface area (Å²) in [6.45, 7) is 5.31. The lowest BCUT2D eigenvalue weighted by Crippen LogP contribution is -2.21. The maximum absolute atomic E-state index is 10.6. The molecule has 0 atom stereocenters. The quantitative estimate of drug-likeness (QED) is 0.315. The Morgan fingerprint density at radius 2 is 1.49 bits per heavy atom. The summed E-state index contributed by atoms with van der Waals surface area (Å²) in [5.41, 5.74) is 1.33. The van der Waals surface area contributed by atoms with Crippen LogP contribution >= 0.6 is 0 Å². The molecule has 0 aliphatic carbocycles. The van der Waals surface area contributed by atoms with Gasteiger partial charge in [0.25, 0.3) is 0 Å². The highest BCUT2D eigenvalue weighted by atomic mass is 32.2. The van der Waals surface area contributed by atoms with Gasteiger partial charge < -0.3 is 34.7 Å². The van der Waals surface area contributed by atoms with Gasteiger partial charge in [-0.15, -0.1) is 5.10 Å². The topological polar surface area (TPSA) is 173 Å². The number of carboxylic acid groups (broad SMARTS) is 1. The molecule has 1 aliphatic heterocycles. The number of aromatic nitrogens is 3. The third kappa shape index (κ3) is 33.6. The third-order valence-electron chi connectivity index (χ3n) is 2.90. The smallest absolute Gasteiger partial charge is 0.475 e. The lowest BCUT2D eigenvalue weighted by atomic mass is 10.3. The lowest BCUT2D eigenvalue weighted by Gasteiger charge is -1.93. The van der Waals surface area contributed by atoms with Crippen molar-refractivity contribution >= 4 is 27.8 Å². The van der Waals surface area contributed by atoms with E-state index in [0.717, 1.165) is 25.2 Å². The molecular weight excluding hydrogens is 527 g/mol. The Bertz CT molecular complexity index is 763. The van der Waals surface area contributed by atoms with Crippen molar-refractivity contribution in [1.29, 1.82) is 0 Å². The van der Waals surface area contributed by atoms with Gasteiger partial charge in [0.05, 0.1) is 13.2 Å². The number of methoxy groups -OCH3 is 2. The first-order chi connectivity index (χ1) is 17.4. The summed E-state index contributed by atoms with van der Waals surface area (Å²) < 4.78 is 55.6. The highest BCUT2D eigenvalue weighted by Crippen LogP contribution is 2.13. The van der Waals surface area contributed by atoms with Crippen LogP contribution in [-0.2, 0) is 29.8 Å². The molecule has 0 radical (unpaired) electrons. The predicted octanol–water partition coefficient (Wildman–Crippen LogP) is 1.98. The Hall–Kier alpha value is -2.37. The fourth-order valence-electron chi connectivity index (χ4n) is 1.53. The van der Waals surface area contributed by atoms with E-state index in [0.29, 0.717) is 24.2 Å². The normalized spacial score (nSPS) is 11.2. The number of aliphatic hydroxyl groups is 2. The van der Waals surface area contributed by atoms with Gasteiger partial charge in [-0.3, -0.25) is 4.21 Å². The number of fused-ring (bicyclic) bond motifs is 1. The summed E-state index contributed by atoms with van der Waals surface area (Å²) in [6.07, 6.45) is 0.750. The van der Waals surface area contributed by atoms with Crippen molar-refractivity contribution in [3.05, 3.63) is 24.3 Å². The summed E-state index contributed by atoms with van der Waals surface area (Å²) >= 11 is 0. The molecule has 0 unspecified atom stereocenters. The summed E-state index contributed by atoms with van der Waals surface area (Å²) in [5.74, 6) is -2.76. The van der Waals surface area contributed by atoms with Gasteiger partial charge in [-0.1, -0.05) is 17.0 Å². The van der Waals surface area contributed by atoms with Crippen molar-refractivity contribution in [3.8, 4) is 0 Å². The van der Waals surface area contributed by atoms with E-state index >= 15 is 0 Å². The number of hydrogen-bond donors (Lipinski definition) is 4. The molecule has 37 heavy (non-hydrogen) atoms. The van der Waals surface area contributed by atoms with E-state index in [-0.39, 0.29) is 6.61 Å². The summed E-state index contributed by atoms with van der Waals surface area (Å²) in [5, 5.41) is 37.7. The van der Waals surface area contributed by atoms with Gasteiger partial charge in [-0.2, -0.15) is 13.2 Å². The second-order valence-corrected chi connectivity index (χ2v) is 7.62. The van der Waals surface area contributed by atoms with Crippen molar-refractivity contribution < 1.29 is 56.9 Å². The van der Waals surface area contributed by atoms with Gasteiger partial charge in [0, 0.05) is 64.5 Å². The molecule has 1 aromatic heterocycles. The van der Waals surface area contributed by atoms with Gasteiger partial charge in [0.15, 0.2) is 0 Å². The Kier molecular flexibility index (Phi) is 33.7. The fraction of sp³-hybridized carbons (Fsp3) is 0.667. The average Bonchev–Trinajstić information content (AvgIpc) is 3.54. The molecular formula is C21H40F3N3O9S. The van der Waals surface area contributed by atoms with Crippen molar-refractivity contribution in [1.82, 2.24) is 15.2 Å². The Balaban J connectivity index is -0.000000182. The molecule has 1 aliphatic rings. The second kappa shape index (κ2) is 29.9. The largest absolute Gasteiger partial charge is 0.490 e. The minimum Gasteiger partial charge on any atom is -0.475 e. The molecule has 4 N–H and O–H groups in total. The van der Waals surface area contributed by atoms with Gasteiger partial charge >= 0.3 is 12.1 Å².